The number of esters is 1. The summed E-state index contributed by atoms with van der Waals surface area (Å²) in [5.41, 5.74) is 1.01. The quantitative estimate of drug-likeness (QED) is 0.537. The minimum atomic E-state index is -2.52. The van der Waals surface area contributed by atoms with Crippen molar-refractivity contribution in [2.24, 2.45) is 0 Å². The van der Waals surface area contributed by atoms with E-state index in [0.29, 0.717) is 0 Å². The SMILES string of the molecule is COC(=O)c1ccc(CN(Cc2ccc(Br)cc2)S(=O)[O-])c(F)c1. The monoisotopic (exact) mass is 414 g/mol. The van der Waals surface area contributed by atoms with Crippen molar-refractivity contribution in [3.63, 3.8) is 0 Å². The van der Waals surface area contributed by atoms with Gasteiger partial charge in [0.1, 0.15) is 5.82 Å². The third-order valence-electron chi connectivity index (χ3n) is 3.30. The van der Waals surface area contributed by atoms with Crippen molar-refractivity contribution in [2.45, 2.75) is 13.1 Å². The van der Waals surface area contributed by atoms with Crippen molar-refractivity contribution >= 4 is 33.2 Å². The van der Waals surface area contributed by atoms with Crippen LogP contribution in [0.15, 0.2) is 46.9 Å². The van der Waals surface area contributed by atoms with Crippen molar-refractivity contribution in [2.75, 3.05) is 7.11 Å². The van der Waals surface area contributed by atoms with E-state index in [9.17, 15) is 17.9 Å². The number of carbonyl (C=O) groups is 1. The Bertz CT molecular complexity index is 754. The summed E-state index contributed by atoms with van der Waals surface area (Å²) in [6, 6.07) is 11.0. The molecule has 0 aliphatic rings. The summed E-state index contributed by atoms with van der Waals surface area (Å²) < 4.78 is 43.5. The lowest BCUT2D eigenvalue weighted by molar-refractivity contribution is 0.0600. The van der Waals surface area contributed by atoms with E-state index in [4.69, 9.17) is 0 Å². The molecule has 0 aliphatic carbocycles. The number of ether oxygens (including phenoxy) is 1. The van der Waals surface area contributed by atoms with E-state index in [1.54, 1.807) is 24.3 Å². The molecule has 1 unspecified atom stereocenters. The summed E-state index contributed by atoms with van der Waals surface area (Å²) in [5, 5.41) is 0. The number of methoxy groups -OCH3 is 1. The van der Waals surface area contributed by atoms with Crippen molar-refractivity contribution < 1.29 is 22.7 Å². The Morgan fingerprint density at radius 3 is 2.46 bits per heavy atom. The molecule has 0 saturated carbocycles. The zero-order chi connectivity index (χ0) is 17.7. The molecular formula is C16H14BrFNO4S-. The minimum Gasteiger partial charge on any atom is -0.760 e. The molecule has 2 aromatic rings. The van der Waals surface area contributed by atoms with Crippen LogP contribution in [0.1, 0.15) is 21.5 Å². The number of hydrogen-bond donors (Lipinski definition) is 0. The summed E-state index contributed by atoms with van der Waals surface area (Å²) in [4.78, 5) is 11.4. The van der Waals surface area contributed by atoms with Crippen LogP contribution in [0, 0.1) is 5.82 Å². The second kappa shape index (κ2) is 8.48. The van der Waals surface area contributed by atoms with Gasteiger partial charge < -0.3 is 9.29 Å². The normalized spacial score (nSPS) is 12.2. The number of rotatable bonds is 6. The highest BCUT2D eigenvalue weighted by atomic mass is 79.9. The first kappa shape index (κ1) is 18.7. The van der Waals surface area contributed by atoms with Crippen LogP contribution in [0.2, 0.25) is 0 Å². The fourth-order valence-corrected chi connectivity index (χ4v) is 2.83. The van der Waals surface area contributed by atoms with Gasteiger partial charge in [0.15, 0.2) is 0 Å². The number of hydrogen-bond acceptors (Lipinski definition) is 4. The Kier molecular flexibility index (Phi) is 6.61. The molecule has 0 aromatic heterocycles. The van der Waals surface area contributed by atoms with E-state index >= 15 is 0 Å². The molecular weight excluding hydrogens is 401 g/mol. The number of halogens is 2. The smallest absolute Gasteiger partial charge is 0.337 e. The average molecular weight is 415 g/mol. The largest absolute Gasteiger partial charge is 0.760 e. The third-order valence-corrected chi connectivity index (χ3v) is 4.51. The van der Waals surface area contributed by atoms with Crippen molar-refractivity contribution in [1.29, 1.82) is 0 Å². The lowest BCUT2D eigenvalue weighted by Gasteiger charge is -2.24. The van der Waals surface area contributed by atoms with Crippen LogP contribution < -0.4 is 0 Å². The van der Waals surface area contributed by atoms with Gasteiger partial charge in [-0.1, -0.05) is 34.1 Å². The van der Waals surface area contributed by atoms with Crippen LogP contribution in [0.3, 0.4) is 0 Å². The maximum Gasteiger partial charge on any atom is 0.337 e. The predicted octanol–water partition coefficient (Wildman–Crippen LogP) is 3.17. The molecule has 128 valence electrons. The molecule has 1 atom stereocenters. The van der Waals surface area contributed by atoms with Gasteiger partial charge in [0.2, 0.25) is 0 Å². The standard InChI is InChI=1S/C16H15BrFNO4S/c1-23-16(20)12-4-5-13(15(18)8-12)10-19(24(21)22)9-11-2-6-14(17)7-3-11/h2-8H,9-10H2,1H3,(H,21,22)/p-1. The van der Waals surface area contributed by atoms with E-state index in [2.05, 4.69) is 20.7 Å². The summed E-state index contributed by atoms with van der Waals surface area (Å²) in [6.45, 7) is -0.0267. The summed E-state index contributed by atoms with van der Waals surface area (Å²) in [7, 11) is 1.20. The van der Waals surface area contributed by atoms with Gasteiger partial charge in [0.05, 0.1) is 12.7 Å². The summed E-state index contributed by atoms with van der Waals surface area (Å²) >= 11 is 0.785. The molecule has 0 saturated heterocycles. The van der Waals surface area contributed by atoms with Crippen molar-refractivity contribution in [1.82, 2.24) is 4.31 Å². The van der Waals surface area contributed by atoms with E-state index in [1.807, 2.05) is 0 Å². The lowest BCUT2D eigenvalue weighted by atomic mass is 10.1. The van der Waals surface area contributed by atoms with Crippen LogP contribution in [0.4, 0.5) is 4.39 Å². The predicted molar refractivity (Wildman–Crippen MR) is 90.0 cm³/mol. The minimum absolute atomic E-state index is 0.0708. The Morgan fingerprint density at radius 1 is 1.25 bits per heavy atom. The molecule has 5 nitrogen and oxygen atoms in total. The fraction of sp³-hybridized carbons (Fsp3) is 0.188. The van der Waals surface area contributed by atoms with Gasteiger partial charge in [-0.2, -0.15) is 0 Å². The first-order valence-electron chi connectivity index (χ1n) is 6.86. The zero-order valence-electron chi connectivity index (χ0n) is 12.7. The van der Waals surface area contributed by atoms with Gasteiger partial charge in [-0.3, -0.25) is 4.21 Å². The number of nitrogens with zero attached hydrogens (tertiary/aromatic N) is 1. The first-order valence-corrected chi connectivity index (χ1v) is 8.68. The zero-order valence-corrected chi connectivity index (χ0v) is 15.1. The average Bonchev–Trinajstić information content (AvgIpc) is 2.56. The van der Waals surface area contributed by atoms with Crippen LogP contribution in [0.25, 0.3) is 0 Å². The first-order chi connectivity index (χ1) is 11.4. The van der Waals surface area contributed by atoms with E-state index < -0.39 is 23.1 Å². The molecule has 0 heterocycles. The van der Waals surface area contributed by atoms with Crippen LogP contribution >= 0.6 is 15.9 Å². The van der Waals surface area contributed by atoms with Crippen molar-refractivity contribution in [3.8, 4) is 0 Å². The van der Waals surface area contributed by atoms with Crippen molar-refractivity contribution in [3.05, 3.63) is 69.4 Å². The second-order valence-electron chi connectivity index (χ2n) is 4.94. The van der Waals surface area contributed by atoms with Gasteiger partial charge >= 0.3 is 5.97 Å². The number of benzene rings is 2. The molecule has 8 heteroatoms. The molecule has 0 bridgehead atoms. The molecule has 0 spiro atoms. The summed E-state index contributed by atoms with van der Waals surface area (Å²) in [5.74, 6) is -1.32. The molecule has 2 rings (SSSR count). The van der Waals surface area contributed by atoms with E-state index in [1.165, 1.54) is 19.2 Å². The Morgan fingerprint density at radius 2 is 1.92 bits per heavy atom. The Hall–Kier alpha value is -1.61. The second-order valence-corrected chi connectivity index (χ2v) is 6.81. The maximum absolute atomic E-state index is 14.1. The molecule has 0 aliphatic heterocycles. The highest BCUT2D eigenvalue weighted by Crippen LogP contribution is 2.18. The lowest BCUT2D eigenvalue weighted by Crippen LogP contribution is -2.25. The fourth-order valence-electron chi connectivity index (χ4n) is 2.07. The Labute approximate surface area is 150 Å². The van der Waals surface area contributed by atoms with Gasteiger partial charge in [0, 0.05) is 34.4 Å². The van der Waals surface area contributed by atoms with Gasteiger partial charge in [-0.25, -0.2) is 13.5 Å². The highest BCUT2D eigenvalue weighted by Gasteiger charge is 2.14. The molecule has 0 radical (unpaired) electrons. The van der Waals surface area contributed by atoms with Crippen LogP contribution in [-0.4, -0.2) is 26.1 Å². The molecule has 2 aromatic carbocycles. The highest BCUT2D eigenvalue weighted by molar-refractivity contribution is 9.10. The van der Waals surface area contributed by atoms with E-state index in [-0.39, 0.29) is 24.2 Å². The third kappa shape index (κ3) is 4.94. The topological polar surface area (TPSA) is 69.7 Å². The van der Waals surface area contributed by atoms with Gasteiger partial charge in [-0.15, -0.1) is 0 Å². The molecule has 0 fully saturated rings. The van der Waals surface area contributed by atoms with Crippen LogP contribution in [-0.2, 0) is 29.1 Å². The van der Waals surface area contributed by atoms with Gasteiger partial charge in [0.25, 0.3) is 0 Å². The summed E-state index contributed by atoms with van der Waals surface area (Å²) in [6.07, 6.45) is 0. The maximum atomic E-state index is 14.1. The van der Waals surface area contributed by atoms with Crippen LogP contribution in [0.5, 0.6) is 0 Å². The number of carbonyl (C=O) groups excluding carboxylic acids is 1. The Balaban J connectivity index is 2.17. The van der Waals surface area contributed by atoms with E-state index in [0.717, 1.165) is 20.4 Å². The van der Waals surface area contributed by atoms with Gasteiger partial charge in [-0.05, 0) is 29.8 Å². The molecule has 24 heavy (non-hydrogen) atoms. The molecule has 0 N–H and O–H groups in total. The molecule has 0 amide bonds.